The van der Waals surface area contributed by atoms with Crippen molar-refractivity contribution >= 4 is 0 Å². The summed E-state index contributed by atoms with van der Waals surface area (Å²) in [6.45, 7) is 4.88. The van der Waals surface area contributed by atoms with Crippen molar-refractivity contribution in [3.8, 4) is 11.5 Å². The topological polar surface area (TPSA) is 68.0 Å². The molecule has 1 aliphatic heterocycles. The van der Waals surface area contributed by atoms with Crippen molar-refractivity contribution in [2.75, 3.05) is 26.8 Å². The zero-order valence-corrected chi connectivity index (χ0v) is 12.9. The molecule has 0 radical (unpaired) electrons. The normalized spacial score (nSPS) is 23.2. The predicted octanol–water partition coefficient (Wildman–Crippen LogP) is 1.73. The Hall–Kier alpha value is -1.30. The third-order valence-electron chi connectivity index (χ3n) is 4.10. The van der Waals surface area contributed by atoms with Crippen LogP contribution in [0.15, 0.2) is 18.2 Å². The fourth-order valence-corrected chi connectivity index (χ4v) is 2.89. The van der Waals surface area contributed by atoms with Gasteiger partial charge in [-0.2, -0.15) is 0 Å². The van der Waals surface area contributed by atoms with E-state index in [0.29, 0.717) is 31.0 Å². The average Bonchev–Trinajstić information content (AvgIpc) is 2.51. The van der Waals surface area contributed by atoms with Crippen LogP contribution in [-0.4, -0.2) is 49.0 Å². The summed E-state index contributed by atoms with van der Waals surface area (Å²) in [4.78, 5) is 2.39. The number of piperidine rings is 1. The number of nitrogens with two attached hydrogens (primary N) is 1. The van der Waals surface area contributed by atoms with E-state index in [1.807, 2.05) is 19.1 Å². The van der Waals surface area contributed by atoms with Gasteiger partial charge in [-0.25, -0.2) is 0 Å². The molecule has 5 nitrogen and oxygen atoms in total. The summed E-state index contributed by atoms with van der Waals surface area (Å²) in [6.07, 6.45) is 2.32. The molecule has 1 heterocycles. The van der Waals surface area contributed by atoms with Crippen LogP contribution >= 0.6 is 0 Å². The predicted molar refractivity (Wildman–Crippen MR) is 82.6 cm³/mol. The Kier molecular flexibility index (Phi) is 5.85. The smallest absolute Gasteiger partial charge is 0.161 e. The van der Waals surface area contributed by atoms with E-state index in [0.717, 1.165) is 31.5 Å². The molecule has 0 aliphatic carbocycles. The van der Waals surface area contributed by atoms with Crippen molar-refractivity contribution in [3.05, 3.63) is 23.8 Å². The van der Waals surface area contributed by atoms with Gasteiger partial charge in [0.1, 0.15) is 0 Å². The molecule has 0 aromatic heterocycles. The van der Waals surface area contributed by atoms with Gasteiger partial charge in [0.25, 0.3) is 0 Å². The molecule has 1 aromatic carbocycles. The number of ether oxygens (including phenoxy) is 2. The Morgan fingerprint density at radius 2 is 2.24 bits per heavy atom. The molecule has 1 aromatic rings. The second-order valence-corrected chi connectivity index (χ2v) is 5.48. The Morgan fingerprint density at radius 1 is 1.43 bits per heavy atom. The van der Waals surface area contributed by atoms with Crippen molar-refractivity contribution in [3.63, 3.8) is 0 Å². The SMILES string of the molecule is CCOc1cc(CN2CCC(OC)CC2CN)ccc1O. The number of phenolic OH excluding ortho intramolecular Hbond substituents is 1. The lowest BCUT2D eigenvalue weighted by Gasteiger charge is -2.38. The number of rotatable bonds is 6. The van der Waals surface area contributed by atoms with Crippen LogP contribution in [-0.2, 0) is 11.3 Å². The molecule has 21 heavy (non-hydrogen) atoms. The number of hydrogen-bond acceptors (Lipinski definition) is 5. The zero-order chi connectivity index (χ0) is 15.2. The van der Waals surface area contributed by atoms with E-state index >= 15 is 0 Å². The molecule has 0 spiro atoms. The Balaban J connectivity index is 2.05. The third kappa shape index (κ3) is 4.09. The largest absolute Gasteiger partial charge is 0.504 e. The minimum Gasteiger partial charge on any atom is -0.504 e. The highest BCUT2D eigenvalue weighted by Crippen LogP contribution is 2.28. The highest BCUT2D eigenvalue weighted by Gasteiger charge is 2.27. The maximum absolute atomic E-state index is 9.76. The van der Waals surface area contributed by atoms with Crippen molar-refractivity contribution in [2.45, 2.75) is 38.5 Å². The first-order chi connectivity index (χ1) is 10.2. The van der Waals surface area contributed by atoms with Crippen LogP contribution in [0, 0.1) is 0 Å². The molecular weight excluding hydrogens is 268 g/mol. The van der Waals surface area contributed by atoms with Gasteiger partial charge in [-0.05, 0) is 37.5 Å². The molecule has 1 saturated heterocycles. The summed E-state index contributed by atoms with van der Waals surface area (Å²) >= 11 is 0. The van der Waals surface area contributed by atoms with E-state index in [-0.39, 0.29) is 5.75 Å². The molecule has 1 aliphatic rings. The van der Waals surface area contributed by atoms with E-state index in [1.165, 1.54) is 0 Å². The van der Waals surface area contributed by atoms with Gasteiger partial charge in [0.05, 0.1) is 12.7 Å². The molecule has 0 bridgehead atoms. The first kappa shape index (κ1) is 16.1. The van der Waals surface area contributed by atoms with E-state index in [9.17, 15) is 5.11 Å². The fraction of sp³-hybridized carbons (Fsp3) is 0.625. The number of methoxy groups -OCH3 is 1. The van der Waals surface area contributed by atoms with Gasteiger partial charge in [-0.3, -0.25) is 4.90 Å². The first-order valence-electron chi connectivity index (χ1n) is 7.59. The minimum atomic E-state index is 0.189. The molecule has 0 amide bonds. The summed E-state index contributed by atoms with van der Waals surface area (Å²) in [7, 11) is 1.77. The number of hydrogen-bond donors (Lipinski definition) is 2. The second-order valence-electron chi connectivity index (χ2n) is 5.48. The van der Waals surface area contributed by atoms with Crippen LogP contribution in [0.25, 0.3) is 0 Å². The number of nitrogens with zero attached hydrogens (tertiary/aromatic N) is 1. The van der Waals surface area contributed by atoms with Crippen LogP contribution in [0.2, 0.25) is 0 Å². The van der Waals surface area contributed by atoms with Crippen LogP contribution < -0.4 is 10.5 Å². The summed E-state index contributed by atoms with van der Waals surface area (Å²) in [5.41, 5.74) is 7.03. The lowest BCUT2D eigenvalue weighted by molar-refractivity contribution is 0.0102. The van der Waals surface area contributed by atoms with Gasteiger partial charge in [0.2, 0.25) is 0 Å². The van der Waals surface area contributed by atoms with Crippen molar-refractivity contribution in [2.24, 2.45) is 5.73 Å². The molecular formula is C16H26N2O3. The van der Waals surface area contributed by atoms with Gasteiger partial charge >= 0.3 is 0 Å². The van der Waals surface area contributed by atoms with Gasteiger partial charge < -0.3 is 20.3 Å². The summed E-state index contributed by atoms with van der Waals surface area (Å²) in [5.74, 6) is 0.736. The van der Waals surface area contributed by atoms with E-state index in [2.05, 4.69) is 4.90 Å². The van der Waals surface area contributed by atoms with E-state index < -0.39 is 0 Å². The highest BCUT2D eigenvalue weighted by molar-refractivity contribution is 5.41. The summed E-state index contributed by atoms with van der Waals surface area (Å²) in [5, 5.41) is 9.76. The monoisotopic (exact) mass is 294 g/mol. The molecule has 0 saturated carbocycles. The van der Waals surface area contributed by atoms with Crippen molar-refractivity contribution in [1.29, 1.82) is 0 Å². The number of likely N-dealkylation sites (tertiary alicyclic amines) is 1. The van der Waals surface area contributed by atoms with Crippen LogP contribution in [0.5, 0.6) is 11.5 Å². The molecule has 2 atom stereocenters. The summed E-state index contributed by atoms with van der Waals surface area (Å²) < 4.78 is 10.9. The lowest BCUT2D eigenvalue weighted by atomic mass is 9.98. The molecule has 3 N–H and O–H groups in total. The van der Waals surface area contributed by atoms with Gasteiger partial charge in [0, 0.05) is 32.8 Å². The Bertz CT molecular complexity index is 453. The molecule has 2 rings (SSSR count). The summed E-state index contributed by atoms with van der Waals surface area (Å²) in [6, 6.07) is 5.88. The average molecular weight is 294 g/mol. The van der Waals surface area contributed by atoms with Gasteiger partial charge in [0.15, 0.2) is 11.5 Å². The van der Waals surface area contributed by atoms with Crippen LogP contribution in [0.4, 0.5) is 0 Å². The quantitative estimate of drug-likeness (QED) is 0.836. The Morgan fingerprint density at radius 3 is 2.90 bits per heavy atom. The third-order valence-corrected chi connectivity index (χ3v) is 4.10. The maximum atomic E-state index is 9.76. The molecule has 118 valence electrons. The van der Waals surface area contributed by atoms with Crippen LogP contribution in [0.3, 0.4) is 0 Å². The minimum absolute atomic E-state index is 0.189. The highest BCUT2D eigenvalue weighted by atomic mass is 16.5. The number of benzene rings is 1. The van der Waals surface area contributed by atoms with Crippen LogP contribution in [0.1, 0.15) is 25.3 Å². The zero-order valence-electron chi connectivity index (χ0n) is 12.9. The fourth-order valence-electron chi connectivity index (χ4n) is 2.89. The Labute approximate surface area is 126 Å². The standard InChI is InChI=1S/C16H26N2O3/c1-3-21-16-8-12(4-5-15(16)19)11-18-7-6-14(20-2)9-13(18)10-17/h4-5,8,13-14,19H,3,6-7,9-11,17H2,1-2H3. The van der Waals surface area contributed by atoms with Gasteiger partial charge in [-0.1, -0.05) is 6.07 Å². The lowest BCUT2D eigenvalue weighted by Crippen LogP contribution is -2.47. The second kappa shape index (κ2) is 7.64. The number of aromatic hydroxyl groups is 1. The van der Waals surface area contributed by atoms with Crippen molar-refractivity contribution < 1.29 is 14.6 Å². The molecule has 2 unspecified atom stereocenters. The maximum Gasteiger partial charge on any atom is 0.161 e. The molecule has 1 fully saturated rings. The molecule has 5 heteroatoms. The number of phenols is 1. The van der Waals surface area contributed by atoms with Crippen molar-refractivity contribution in [1.82, 2.24) is 4.90 Å². The first-order valence-corrected chi connectivity index (χ1v) is 7.59. The van der Waals surface area contributed by atoms with E-state index in [4.69, 9.17) is 15.2 Å². The van der Waals surface area contributed by atoms with Gasteiger partial charge in [-0.15, -0.1) is 0 Å². The van der Waals surface area contributed by atoms with E-state index in [1.54, 1.807) is 13.2 Å².